The predicted octanol–water partition coefficient (Wildman–Crippen LogP) is 2.80. The fourth-order valence-electron chi connectivity index (χ4n) is 1.10. The van der Waals surface area contributed by atoms with Gasteiger partial charge >= 0.3 is 6.18 Å². The Labute approximate surface area is 92.5 Å². The molecule has 4 heteroatoms. The van der Waals surface area contributed by atoms with Crippen LogP contribution < -0.4 is 5.73 Å². The van der Waals surface area contributed by atoms with E-state index in [4.69, 9.17) is 5.73 Å². The van der Waals surface area contributed by atoms with E-state index < -0.39 is 11.7 Å². The van der Waals surface area contributed by atoms with Crippen molar-refractivity contribution < 1.29 is 13.2 Å². The lowest BCUT2D eigenvalue weighted by molar-refractivity contribution is -0.137. The van der Waals surface area contributed by atoms with Crippen molar-refractivity contribution in [2.24, 2.45) is 5.73 Å². The van der Waals surface area contributed by atoms with E-state index in [1.54, 1.807) is 0 Å². The average Bonchev–Trinajstić information content (AvgIpc) is 2.24. The Morgan fingerprint density at radius 2 is 1.75 bits per heavy atom. The first-order chi connectivity index (χ1) is 7.54. The number of alkyl halides is 3. The van der Waals surface area contributed by atoms with Gasteiger partial charge in [-0.15, -0.1) is 0 Å². The molecule has 0 heterocycles. The van der Waals surface area contributed by atoms with E-state index >= 15 is 0 Å². The van der Waals surface area contributed by atoms with Crippen LogP contribution in [0.3, 0.4) is 0 Å². The summed E-state index contributed by atoms with van der Waals surface area (Å²) >= 11 is 0. The van der Waals surface area contributed by atoms with Crippen molar-refractivity contribution in [2.75, 3.05) is 6.54 Å². The van der Waals surface area contributed by atoms with Crippen LogP contribution in [0.25, 0.3) is 0 Å². The molecule has 1 nitrogen and oxygen atoms in total. The van der Waals surface area contributed by atoms with Gasteiger partial charge in [-0.1, -0.05) is 11.8 Å². The molecule has 0 aliphatic heterocycles. The Hall–Kier alpha value is -1.47. The molecule has 1 rings (SSSR count). The van der Waals surface area contributed by atoms with Gasteiger partial charge in [0.05, 0.1) is 5.56 Å². The van der Waals surface area contributed by atoms with Gasteiger partial charge in [-0.3, -0.25) is 0 Å². The molecule has 86 valence electrons. The highest BCUT2D eigenvalue weighted by Crippen LogP contribution is 2.28. The number of unbranched alkanes of at least 4 members (excludes halogenated alkanes) is 1. The molecule has 0 spiro atoms. The van der Waals surface area contributed by atoms with Gasteiger partial charge in [0.15, 0.2) is 0 Å². The topological polar surface area (TPSA) is 26.0 Å². The third kappa shape index (κ3) is 3.95. The standard InChI is InChI=1S/C12H12F3N/c13-12(14,15)11-7-5-10(6-8-11)4-2-1-3-9-16/h5-8H,1,3,9,16H2. The van der Waals surface area contributed by atoms with Crippen LogP contribution in [0.1, 0.15) is 24.0 Å². The third-order valence-electron chi connectivity index (χ3n) is 1.95. The monoisotopic (exact) mass is 227 g/mol. The molecule has 0 aromatic heterocycles. The van der Waals surface area contributed by atoms with Crippen molar-refractivity contribution in [3.63, 3.8) is 0 Å². The van der Waals surface area contributed by atoms with Crippen LogP contribution in [-0.2, 0) is 6.18 Å². The Morgan fingerprint density at radius 3 is 2.25 bits per heavy atom. The maximum Gasteiger partial charge on any atom is 0.416 e. The summed E-state index contributed by atoms with van der Waals surface area (Å²) < 4.78 is 36.7. The summed E-state index contributed by atoms with van der Waals surface area (Å²) in [6.45, 7) is 0.571. The normalized spacial score (nSPS) is 10.8. The molecule has 0 saturated carbocycles. The van der Waals surface area contributed by atoms with Crippen LogP contribution in [0.4, 0.5) is 13.2 Å². The van der Waals surface area contributed by atoms with Gasteiger partial charge in [0.25, 0.3) is 0 Å². The largest absolute Gasteiger partial charge is 0.416 e. The van der Waals surface area contributed by atoms with Crippen LogP contribution in [0.5, 0.6) is 0 Å². The fourth-order valence-corrected chi connectivity index (χ4v) is 1.10. The Bertz CT molecular complexity index is 381. The highest BCUT2D eigenvalue weighted by Gasteiger charge is 2.29. The molecule has 0 amide bonds. The molecule has 0 aliphatic rings. The lowest BCUT2D eigenvalue weighted by Crippen LogP contribution is -2.04. The van der Waals surface area contributed by atoms with Crippen LogP contribution in [0.15, 0.2) is 24.3 Å². The van der Waals surface area contributed by atoms with E-state index in [0.717, 1.165) is 18.6 Å². The molecule has 0 bridgehead atoms. The van der Waals surface area contributed by atoms with Crippen molar-refractivity contribution >= 4 is 0 Å². The molecule has 2 N–H and O–H groups in total. The summed E-state index contributed by atoms with van der Waals surface area (Å²) in [6.07, 6.45) is -2.82. The molecule has 1 aromatic carbocycles. The van der Waals surface area contributed by atoms with E-state index in [9.17, 15) is 13.2 Å². The van der Waals surface area contributed by atoms with Crippen LogP contribution in [0.2, 0.25) is 0 Å². The molecule has 1 aromatic rings. The summed E-state index contributed by atoms with van der Waals surface area (Å²) in [4.78, 5) is 0. The maximum atomic E-state index is 12.2. The van der Waals surface area contributed by atoms with Gasteiger partial charge in [0, 0.05) is 12.0 Å². The Balaban J connectivity index is 2.67. The van der Waals surface area contributed by atoms with E-state index in [0.29, 0.717) is 18.5 Å². The summed E-state index contributed by atoms with van der Waals surface area (Å²) in [5.41, 5.74) is 5.22. The van der Waals surface area contributed by atoms with Crippen LogP contribution in [0, 0.1) is 11.8 Å². The molecule has 0 unspecified atom stereocenters. The lowest BCUT2D eigenvalue weighted by Gasteiger charge is -2.05. The highest BCUT2D eigenvalue weighted by atomic mass is 19.4. The number of hydrogen-bond acceptors (Lipinski definition) is 1. The van der Waals surface area contributed by atoms with Gasteiger partial charge in [-0.05, 0) is 37.2 Å². The van der Waals surface area contributed by atoms with Crippen molar-refractivity contribution in [2.45, 2.75) is 19.0 Å². The first-order valence-corrected chi connectivity index (χ1v) is 4.90. The second kappa shape index (κ2) is 5.57. The molecular weight excluding hydrogens is 215 g/mol. The quantitative estimate of drug-likeness (QED) is 0.610. The van der Waals surface area contributed by atoms with E-state index in [-0.39, 0.29) is 0 Å². The van der Waals surface area contributed by atoms with Crippen molar-refractivity contribution in [3.8, 4) is 11.8 Å². The smallest absolute Gasteiger partial charge is 0.330 e. The summed E-state index contributed by atoms with van der Waals surface area (Å²) in [5.74, 6) is 5.63. The summed E-state index contributed by atoms with van der Waals surface area (Å²) in [7, 11) is 0. The molecule has 16 heavy (non-hydrogen) atoms. The van der Waals surface area contributed by atoms with Crippen LogP contribution in [-0.4, -0.2) is 6.54 Å². The van der Waals surface area contributed by atoms with E-state index in [1.807, 2.05) is 0 Å². The maximum absolute atomic E-state index is 12.2. The zero-order valence-corrected chi connectivity index (χ0v) is 8.64. The van der Waals surface area contributed by atoms with Crippen LogP contribution >= 0.6 is 0 Å². The van der Waals surface area contributed by atoms with E-state index in [1.165, 1.54) is 12.1 Å². The summed E-state index contributed by atoms with van der Waals surface area (Å²) in [6, 6.07) is 4.82. The first-order valence-electron chi connectivity index (χ1n) is 4.90. The first kappa shape index (κ1) is 12.6. The molecule has 0 saturated heterocycles. The highest BCUT2D eigenvalue weighted by molar-refractivity contribution is 5.36. The number of hydrogen-bond donors (Lipinski definition) is 1. The number of rotatable bonds is 2. The summed E-state index contributed by atoms with van der Waals surface area (Å²) in [5, 5.41) is 0. The number of halogens is 3. The second-order valence-electron chi connectivity index (χ2n) is 3.27. The molecule has 0 aliphatic carbocycles. The fraction of sp³-hybridized carbons (Fsp3) is 0.333. The second-order valence-corrected chi connectivity index (χ2v) is 3.27. The zero-order chi connectivity index (χ0) is 12.0. The van der Waals surface area contributed by atoms with Gasteiger partial charge in [-0.25, -0.2) is 0 Å². The minimum atomic E-state index is -4.29. The van der Waals surface area contributed by atoms with Gasteiger partial charge < -0.3 is 5.73 Å². The van der Waals surface area contributed by atoms with Crippen molar-refractivity contribution in [3.05, 3.63) is 35.4 Å². The number of benzene rings is 1. The van der Waals surface area contributed by atoms with Crippen molar-refractivity contribution in [1.29, 1.82) is 0 Å². The van der Waals surface area contributed by atoms with Gasteiger partial charge in [0.2, 0.25) is 0 Å². The van der Waals surface area contributed by atoms with Crippen molar-refractivity contribution in [1.82, 2.24) is 0 Å². The third-order valence-corrected chi connectivity index (χ3v) is 1.95. The minimum absolute atomic E-state index is 0.571. The molecule has 0 radical (unpaired) electrons. The van der Waals surface area contributed by atoms with E-state index in [2.05, 4.69) is 11.8 Å². The molecule has 0 atom stereocenters. The Kier molecular flexibility index (Phi) is 4.39. The lowest BCUT2D eigenvalue weighted by atomic mass is 10.1. The predicted molar refractivity (Wildman–Crippen MR) is 56.6 cm³/mol. The minimum Gasteiger partial charge on any atom is -0.330 e. The SMILES string of the molecule is NCCCC#Cc1ccc(C(F)(F)F)cc1. The zero-order valence-electron chi connectivity index (χ0n) is 8.64. The molecular formula is C12H12F3N. The molecule has 0 fully saturated rings. The number of nitrogens with two attached hydrogens (primary N) is 1. The average molecular weight is 227 g/mol. The van der Waals surface area contributed by atoms with Gasteiger partial charge in [0.1, 0.15) is 0 Å². The van der Waals surface area contributed by atoms with Gasteiger partial charge in [-0.2, -0.15) is 13.2 Å². The Morgan fingerprint density at radius 1 is 1.12 bits per heavy atom.